The highest BCUT2D eigenvalue weighted by atomic mass is 32.2. The van der Waals surface area contributed by atoms with E-state index < -0.39 is 21.3 Å². The summed E-state index contributed by atoms with van der Waals surface area (Å²) in [4.78, 5) is 20.7. The van der Waals surface area contributed by atoms with Crippen molar-refractivity contribution in [2.75, 3.05) is 15.8 Å². The Labute approximate surface area is 206 Å². The minimum absolute atomic E-state index is 0.0170. The van der Waals surface area contributed by atoms with Gasteiger partial charge in [0.05, 0.1) is 16.7 Å². The van der Waals surface area contributed by atoms with Crippen molar-refractivity contribution in [3.05, 3.63) is 66.7 Å². The lowest BCUT2D eigenvalue weighted by Gasteiger charge is -2.12. The van der Waals surface area contributed by atoms with E-state index in [1.807, 2.05) is 6.07 Å². The molecule has 2 aromatic carbocycles. The Morgan fingerprint density at radius 1 is 1.03 bits per heavy atom. The van der Waals surface area contributed by atoms with Gasteiger partial charge in [0.2, 0.25) is 11.7 Å². The van der Waals surface area contributed by atoms with Crippen molar-refractivity contribution in [3.63, 3.8) is 0 Å². The molecule has 0 radical (unpaired) electrons. The second-order valence-electron chi connectivity index (χ2n) is 8.23. The number of carbonyl (C=O) groups excluding carboxylic acids is 1. The molecule has 36 heavy (non-hydrogen) atoms. The van der Waals surface area contributed by atoms with E-state index in [9.17, 15) is 18.5 Å². The van der Waals surface area contributed by atoms with E-state index in [1.165, 1.54) is 18.2 Å². The van der Waals surface area contributed by atoms with Gasteiger partial charge in [-0.3, -0.25) is 9.52 Å². The van der Waals surface area contributed by atoms with Gasteiger partial charge in [0.15, 0.2) is 0 Å². The largest absolute Gasteiger partial charge is 0.384 e. The third kappa shape index (κ3) is 4.59. The van der Waals surface area contributed by atoms with Crippen molar-refractivity contribution in [1.29, 1.82) is 5.26 Å². The molecule has 0 atom stereocenters. The Kier molecular flexibility index (Phi) is 5.62. The molecule has 4 N–H and O–H groups in total. The number of nitrogen functional groups attached to an aromatic ring is 1. The number of nitrogens with one attached hydrogen (secondary N) is 2. The zero-order chi connectivity index (χ0) is 25.3. The zero-order valence-electron chi connectivity index (χ0n) is 18.7. The molecule has 0 unspecified atom stereocenters. The molecule has 1 aliphatic carbocycles. The lowest BCUT2D eigenvalue weighted by molar-refractivity contribution is -0.119. The number of aromatic nitrogens is 3. The van der Waals surface area contributed by atoms with Crippen LogP contribution in [0.1, 0.15) is 12.8 Å². The van der Waals surface area contributed by atoms with Crippen LogP contribution < -0.4 is 15.8 Å². The molecule has 2 aromatic heterocycles. The summed E-state index contributed by atoms with van der Waals surface area (Å²) in [5.74, 6) is 0.373. The smallest absolute Gasteiger partial charge is 0.276 e. The quantitative estimate of drug-likeness (QED) is 0.342. The summed E-state index contributed by atoms with van der Waals surface area (Å²) in [6, 6.07) is 19.3. The van der Waals surface area contributed by atoms with Crippen LogP contribution in [-0.2, 0) is 14.8 Å². The van der Waals surface area contributed by atoms with Crippen LogP contribution in [0.25, 0.3) is 23.0 Å². The maximum absolute atomic E-state index is 12.9. The zero-order valence-corrected chi connectivity index (χ0v) is 19.5. The molecule has 0 saturated heterocycles. The van der Waals surface area contributed by atoms with Gasteiger partial charge in [-0.1, -0.05) is 17.3 Å². The van der Waals surface area contributed by atoms with Gasteiger partial charge < -0.3 is 15.6 Å². The SMILES string of the molecule is N#CC1(C(=O)Nc2cccc(NS(=O)(=O)c3ccc(-c4noc(-c5cccc(N)n5)n4)cc3)c2)CC1. The van der Waals surface area contributed by atoms with E-state index in [4.69, 9.17) is 10.3 Å². The number of benzene rings is 2. The van der Waals surface area contributed by atoms with Crippen LogP contribution in [0.3, 0.4) is 0 Å². The first-order valence-electron chi connectivity index (χ1n) is 10.8. The molecule has 5 rings (SSSR count). The monoisotopic (exact) mass is 501 g/mol. The molecule has 0 spiro atoms. The Morgan fingerprint density at radius 2 is 1.75 bits per heavy atom. The molecule has 2 heterocycles. The maximum Gasteiger partial charge on any atom is 0.276 e. The molecule has 1 amide bonds. The standard InChI is InChI=1S/C24H19N7O4S/c25-14-24(11-12-24)23(32)27-16-3-1-4-17(13-16)31-36(33,34)18-9-7-15(8-10-18)21-29-22(35-30-21)19-5-2-6-20(26)28-19/h1-10,13,31H,11-12H2,(H2,26,28)(H,27,32). The number of carbonyl (C=O) groups is 1. The summed E-state index contributed by atoms with van der Waals surface area (Å²) in [6.07, 6.45) is 1.03. The fourth-order valence-electron chi connectivity index (χ4n) is 3.44. The van der Waals surface area contributed by atoms with E-state index in [1.54, 1.807) is 48.5 Å². The number of nitriles is 1. The lowest BCUT2D eigenvalue weighted by Crippen LogP contribution is -2.22. The van der Waals surface area contributed by atoms with Crippen molar-refractivity contribution in [1.82, 2.24) is 15.1 Å². The minimum atomic E-state index is -3.92. The van der Waals surface area contributed by atoms with Crippen LogP contribution >= 0.6 is 0 Å². The number of hydrogen-bond acceptors (Lipinski definition) is 9. The Bertz CT molecular complexity index is 1600. The van der Waals surface area contributed by atoms with Crippen LogP contribution in [-0.4, -0.2) is 29.4 Å². The summed E-state index contributed by atoms with van der Waals surface area (Å²) in [5.41, 5.74) is 6.32. The Balaban J connectivity index is 1.30. The van der Waals surface area contributed by atoms with Gasteiger partial charge in [-0.15, -0.1) is 0 Å². The number of amides is 1. The van der Waals surface area contributed by atoms with Gasteiger partial charge >= 0.3 is 0 Å². The fourth-order valence-corrected chi connectivity index (χ4v) is 4.49. The van der Waals surface area contributed by atoms with Crippen molar-refractivity contribution in [2.45, 2.75) is 17.7 Å². The lowest BCUT2D eigenvalue weighted by atomic mass is 10.1. The number of nitrogens with two attached hydrogens (primary N) is 1. The average molecular weight is 502 g/mol. The molecule has 0 bridgehead atoms. The van der Waals surface area contributed by atoms with Crippen molar-refractivity contribution >= 4 is 33.1 Å². The van der Waals surface area contributed by atoms with E-state index in [0.717, 1.165) is 0 Å². The summed E-state index contributed by atoms with van der Waals surface area (Å²) in [5, 5.41) is 15.8. The molecule has 12 heteroatoms. The van der Waals surface area contributed by atoms with Crippen molar-refractivity contribution in [2.24, 2.45) is 5.41 Å². The molecule has 1 fully saturated rings. The van der Waals surface area contributed by atoms with Crippen molar-refractivity contribution < 1.29 is 17.7 Å². The van der Waals surface area contributed by atoms with Crippen LogP contribution in [0, 0.1) is 16.7 Å². The number of hydrogen-bond donors (Lipinski definition) is 3. The second kappa shape index (κ2) is 8.79. The fraction of sp³-hybridized carbons (Fsp3) is 0.125. The minimum Gasteiger partial charge on any atom is -0.384 e. The molecule has 4 aromatic rings. The number of nitrogens with zero attached hydrogens (tertiary/aromatic N) is 4. The van der Waals surface area contributed by atoms with Crippen LogP contribution in [0.5, 0.6) is 0 Å². The predicted octanol–water partition coefficient (Wildman–Crippen LogP) is 3.42. The molecule has 1 saturated carbocycles. The number of pyridine rings is 1. The van der Waals surface area contributed by atoms with Gasteiger partial charge in [-0.05, 0) is 67.4 Å². The second-order valence-corrected chi connectivity index (χ2v) is 9.91. The highest BCUT2D eigenvalue weighted by Gasteiger charge is 2.50. The molecular weight excluding hydrogens is 482 g/mol. The van der Waals surface area contributed by atoms with Crippen molar-refractivity contribution in [3.8, 4) is 29.0 Å². The maximum atomic E-state index is 12.9. The summed E-state index contributed by atoms with van der Waals surface area (Å²) in [6.45, 7) is 0. The molecule has 1 aliphatic rings. The van der Waals surface area contributed by atoms with Crippen LogP contribution in [0.15, 0.2) is 76.1 Å². The number of sulfonamides is 1. The number of rotatable bonds is 7. The Morgan fingerprint density at radius 3 is 2.44 bits per heavy atom. The molecule has 0 aliphatic heterocycles. The summed E-state index contributed by atoms with van der Waals surface area (Å²) >= 11 is 0. The van der Waals surface area contributed by atoms with E-state index in [-0.39, 0.29) is 22.3 Å². The van der Waals surface area contributed by atoms with Crippen LogP contribution in [0.4, 0.5) is 17.2 Å². The van der Waals surface area contributed by atoms with Gasteiger partial charge in [-0.2, -0.15) is 10.2 Å². The van der Waals surface area contributed by atoms with Gasteiger partial charge in [-0.25, -0.2) is 13.4 Å². The molecule has 180 valence electrons. The van der Waals surface area contributed by atoms with Gasteiger partial charge in [0.1, 0.15) is 16.9 Å². The first-order valence-corrected chi connectivity index (χ1v) is 12.3. The third-order valence-corrected chi connectivity index (χ3v) is 7.01. The average Bonchev–Trinajstić information content (AvgIpc) is 3.52. The third-order valence-electron chi connectivity index (χ3n) is 5.61. The molecule has 11 nitrogen and oxygen atoms in total. The number of anilines is 3. The summed E-state index contributed by atoms with van der Waals surface area (Å²) in [7, 11) is -3.92. The Hall–Kier alpha value is -4.76. The van der Waals surface area contributed by atoms with E-state index >= 15 is 0 Å². The van der Waals surface area contributed by atoms with Crippen LogP contribution in [0.2, 0.25) is 0 Å². The van der Waals surface area contributed by atoms with Gasteiger partial charge in [0.25, 0.3) is 15.9 Å². The molecular formula is C24H19N7O4S. The highest BCUT2D eigenvalue weighted by molar-refractivity contribution is 7.92. The predicted molar refractivity (Wildman–Crippen MR) is 131 cm³/mol. The van der Waals surface area contributed by atoms with Gasteiger partial charge in [0, 0.05) is 11.3 Å². The van der Waals surface area contributed by atoms with E-state index in [2.05, 4.69) is 25.2 Å². The van der Waals surface area contributed by atoms with E-state index in [0.29, 0.717) is 35.6 Å². The first kappa shape index (κ1) is 23.0. The normalized spacial score (nSPS) is 14.0. The topological polar surface area (TPSA) is 177 Å². The summed E-state index contributed by atoms with van der Waals surface area (Å²) < 4.78 is 33.6. The highest BCUT2D eigenvalue weighted by Crippen LogP contribution is 2.45. The first-order chi connectivity index (χ1) is 17.3.